The molecule has 0 N–H and O–H groups in total. The van der Waals surface area contributed by atoms with Crippen molar-refractivity contribution < 1.29 is 28.6 Å². The first-order valence-electron chi connectivity index (χ1n) is 29.3. The van der Waals surface area contributed by atoms with Crippen molar-refractivity contribution in [3.05, 3.63) is 24.3 Å². The highest BCUT2D eigenvalue weighted by molar-refractivity contribution is 5.71. The van der Waals surface area contributed by atoms with Crippen molar-refractivity contribution in [3.63, 3.8) is 0 Å². The highest BCUT2D eigenvalue weighted by Crippen LogP contribution is 2.17. The average Bonchev–Trinajstić information content (AvgIpc) is 3.31. The van der Waals surface area contributed by atoms with Crippen LogP contribution in [0.4, 0.5) is 0 Å². The quantitative estimate of drug-likeness (QED) is 0.0262. The smallest absolute Gasteiger partial charge is 0.306 e. The standard InChI is InChI=1S/C60H112O6/c1-4-7-10-13-16-19-22-25-27-28-29-30-31-32-33-34-36-38-41-44-47-50-53-59(62)65-56-57(55-64-58(61)52-49-46-43-40-37-24-21-18-15-12-9-6-3)66-60(63)54-51-48-45-42-39-35-26-23-20-17-14-11-8-5-2/h14,17,23,26,57H,4-13,15-16,18-22,24-25,27-56H2,1-3H3/b17-14-,26-23-. The third kappa shape index (κ3) is 52.9. The minimum Gasteiger partial charge on any atom is -0.462 e. The van der Waals surface area contributed by atoms with Crippen molar-refractivity contribution in [2.75, 3.05) is 13.2 Å². The second-order valence-corrected chi connectivity index (χ2v) is 19.9. The largest absolute Gasteiger partial charge is 0.462 e. The molecule has 0 bridgehead atoms. The minimum absolute atomic E-state index is 0.0716. The molecule has 0 rings (SSSR count). The molecule has 0 amide bonds. The van der Waals surface area contributed by atoms with E-state index in [9.17, 15) is 14.4 Å². The van der Waals surface area contributed by atoms with Gasteiger partial charge in [-0.15, -0.1) is 0 Å². The van der Waals surface area contributed by atoms with Crippen LogP contribution in [0.15, 0.2) is 24.3 Å². The predicted molar refractivity (Wildman–Crippen MR) is 284 cm³/mol. The van der Waals surface area contributed by atoms with Gasteiger partial charge in [-0.3, -0.25) is 14.4 Å². The van der Waals surface area contributed by atoms with Crippen molar-refractivity contribution >= 4 is 17.9 Å². The number of carbonyl (C=O) groups is 3. The van der Waals surface area contributed by atoms with Gasteiger partial charge in [-0.05, 0) is 44.9 Å². The second kappa shape index (κ2) is 55.5. The van der Waals surface area contributed by atoms with E-state index in [1.54, 1.807) is 0 Å². The SMILES string of the molecule is CCCC/C=C\C/C=C\CCCCCCCC(=O)OC(COC(=O)CCCCCCCCCCCCCC)COC(=O)CCCCCCCCCCCCCCCCCCCCCCCC. The number of unbranched alkanes of at least 4 members (excludes halogenated alkanes) is 39. The number of carbonyl (C=O) groups excluding carboxylic acids is 3. The second-order valence-electron chi connectivity index (χ2n) is 19.9. The van der Waals surface area contributed by atoms with Crippen molar-refractivity contribution in [3.8, 4) is 0 Å². The Morgan fingerprint density at radius 3 is 0.879 bits per heavy atom. The third-order valence-corrected chi connectivity index (χ3v) is 13.2. The van der Waals surface area contributed by atoms with E-state index in [2.05, 4.69) is 45.1 Å². The topological polar surface area (TPSA) is 78.9 Å². The van der Waals surface area contributed by atoms with E-state index in [4.69, 9.17) is 14.2 Å². The molecule has 0 aromatic carbocycles. The fourth-order valence-corrected chi connectivity index (χ4v) is 8.76. The summed E-state index contributed by atoms with van der Waals surface area (Å²) in [6.45, 7) is 6.63. The molecule has 0 aromatic rings. The van der Waals surface area contributed by atoms with Crippen LogP contribution >= 0.6 is 0 Å². The zero-order chi connectivity index (χ0) is 47.9. The van der Waals surface area contributed by atoms with Crippen LogP contribution in [0.25, 0.3) is 0 Å². The predicted octanol–water partition coefficient (Wildman–Crippen LogP) is 19.5. The van der Waals surface area contributed by atoms with E-state index < -0.39 is 6.10 Å². The van der Waals surface area contributed by atoms with Crippen LogP contribution in [0.2, 0.25) is 0 Å². The summed E-state index contributed by atoms with van der Waals surface area (Å²) in [6, 6.07) is 0. The van der Waals surface area contributed by atoms with Gasteiger partial charge in [-0.1, -0.05) is 283 Å². The third-order valence-electron chi connectivity index (χ3n) is 13.2. The number of hydrogen-bond acceptors (Lipinski definition) is 6. The molecule has 0 fully saturated rings. The molecule has 0 aliphatic rings. The zero-order valence-electron chi connectivity index (χ0n) is 44.5. The first-order valence-corrected chi connectivity index (χ1v) is 29.3. The van der Waals surface area contributed by atoms with E-state index in [-0.39, 0.29) is 31.1 Å². The summed E-state index contributed by atoms with van der Waals surface area (Å²) < 4.78 is 16.9. The lowest BCUT2D eigenvalue weighted by atomic mass is 10.0. The number of ether oxygens (including phenoxy) is 3. The van der Waals surface area contributed by atoms with Crippen LogP contribution in [0.1, 0.15) is 323 Å². The molecule has 0 spiro atoms. The van der Waals surface area contributed by atoms with Gasteiger partial charge in [0.2, 0.25) is 0 Å². The molecule has 0 aliphatic heterocycles. The lowest BCUT2D eigenvalue weighted by molar-refractivity contribution is -0.167. The van der Waals surface area contributed by atoms with E-state index in [1.807, 2.05) is 0 Å². The summed E-state index contributed by atoms with van der Waals surface area (Å²) in [5.74, 6) is -0.865. The minimum atomic E-state index is -0.773. The lowest BCUT2D eigenvalue weighted by Gasteiger charge is -2.18. The van der Waals surface area contributed by atoms with Gasteiger partial charge < -0.3 is 14.2 Å². The average molecular weight is 930 g/mol. The van der Waals surface area contributed by atoms with Gasteiger partial charge in [0, 0.05) is 19.3 Å². The fourth-order valence-electron chi connectivity index (χ4n) is 8.76. The molecular weight excluding hydrogens is 817 g/mol. The van der Waals surface area contributed by atoms with Crippen LogP contribution in [0, 0.1) is 0 Å². The summed E-state index contributed by atoms with van der Waals surface area (Å²) in [6.07, 6.45) is 64.6. The number of allylic oxidation sites excluding steroid dienone is 4. The van der Waals surface area contributed by atoms with Gasteiger partial charge in [0.15, 0.2) is 6.10 Å². The Balaban J connectivity index is 4.24. The summed E-state index contributed by atoms with van der Waals surface area (Å²) in [7, 11) is 0. The van der Waals surface area contributed by atoms with Gasteiger partial charge in [0.05, 0.1) is 0 Å². The molecule has 1 unspecified atom stereocenters. The van der Waals surface area contributed by atoms with Gasteiger partial charge in [-0.2, -0.15) is 0 Å². The summed E-state index contributed by atoms with van der Waals surface area (Å²) in [5, 5.41) is 0. The Morgan fingerprint density at radius 1 is 0.303 bits per heavy atom. The van der Waals surface area contributed by atoms with Gasteiger partial charge >= 0.3 is 17.9 Å². The van der Waals surface area contributed by atoms with E-state index in [0.29, 0.717) is 19.3 Å². The van der Waals surface area contributed by atoms with Crippen LogP contribution in [-0.4, -0.2) is 37.2 Å². The number of esters is 3. The summed E-state index contributed by atoms with van der Waals surface area (Å²) in [5.41, 5.74) is 0. The van der Waals surface area contributed by atoms with Crippen molar-refractivity contribution in [2.45, 2.75) is 329 Å². The van der Waals surface area contributed by atoms with Gasteiger partial charge in [0.25, 0.3) is 0 Å². The molecule has 0 aliphatic carbocycles. The van der Waals surface area contributed by atoms with Crippen LogP contribution < -0.4 is 0 Å². The summed E-state index contributed by atoms with van der Waals surface area (Å²) in [4.78, 5) is 38.1. The monoisotopic (exact) mass is 929 g/mol. The lowest BCUT2D eigenvalue weighted by Crippen LogP contribution is -2.30. The van der Waals surface area contributed by atoms with E-state index in [1.165, 1.54) is 199 Å². The number of hydrogen-bond donors (Lipinski definition) is 0. The Labute approximate surface area is 411 Å². The normalized spacial score (nSPS) is 12.1. The molecule has 6 heteroatoms. The zero-order valence-corrected chi connectivity index (χ0v) is 44.5. The van der Waals surface area contributed by atoms with Crippen molar-refractivity contribution in [1.82, 2.24) is 0 Å². The van der Waals surface area contributed by atoms with E-state index in [0.717, 1.165) is 83.5 Å². The van der Waals surface area contributed by atoms with Crippen LogP contribution in [-0.2, 0) is 28.6 Å². The number of rotatable bonds is 54. The highest BCUT2D eigenvalue weighted by Gasteiger charge is 2.19. The van der Waals surface area contributed by atoms with Gasteiger partial charge in [-0.25, -0.2) is 0 Å². The molecular formula is C60H112O6. The Kier molecular flexibility index (Phi) is 53.7. The molecule has 0 heterocycles. The first-order chi connectivity index (χ1) is 32.5. The molecule has 6 nitrogen and oxygen atoms in total. The Bertz CT molecular complexity index is 1070. The maximum Gasteiger partial charge on any atom is 0.306 e. The van der Waals surface area contributed by atoms with Gasteiger partial charge in [0.1, 0.15) is 13.2 Å². The molecule has 0 saturated heterocycles. The molecule has 0 aromatic heterocycles. The Morgan fingerprint density at radius 2 is 0.561 bits per heavy atom. The highest BCUT2D eigenvalue weighted by atomic mass is 16.6. The molecule has 0 radical (unpaired) electrons. The van der Waals surface area contributed by atoms with Crippen LogP contribution in [0.5, 0.6) is 0 Å². The maximum atomic E-state index is 12.8. The first kappa shape index (κ1) is 63.9. The van der Waals surface area contributed by atoms with Crippen molar-refractivity contribution in [2.24, 2.45) is 0 Å². The molecule has 0 saturated carbocycles. The Hall–Kier alpha value is -2.11. The summed E-state index contributed by atoms with van der Waals surface area (Å²) >= 11 is 0. The fraction of sp³-hybridized carbons (Fsp3) is 0.883. The molecule has 1 atom stereocenters. The molecule has 66 heavy (non-hydrogen) atoms. The molecule has 388 valence electrons. The van der Waals surface area contributed by atoms with Crippen LogP contribution in [0.3, 0.4) is 0 Å². The van der Waals surface area contributed by atoms with E-state index >= 15 is 0 Å². The van der Waals surface area contributed by atoms with Crippen molar-refractivity contribution in [1.29, 1.82) is 0 Å². The maximum absolute atomic E-state index is 12.8.